The van der Waals surface area contributed by atoms with E-state index in [0.717, 1.165) is 0 Å². The Morgan fingerprint density at radius 1 is 1.00 bits per heavy atom. The largest absolute Gasteiger partial charge is 0.446 e. The summed E-state index contributed by atoms with van der Waals surface area (Å²) in [7, 11) is -3.68. The molecule has 0 bridgehead atoms. The Labute approximate surface area is 148 Å². The van der Waals surface area contributed by atoms with E-state index < -0.39 is 21.4 Å². The molecule has 1 aliphatic rings. The molecule has 5 heteroatoms. The van der Waals surface area contributed by atoms with E-state index in [9.17, 15) is 13.2 Å². The summed E-state index contributed by atoms with van der Waals surface area (Å²) in [4.78, 5) is 12.8. The number of carbonyl (C=O) groups is 1. The molecule has 0 radical (unpaired) electrons. The number of fused-ring (bicyclic) bond motifs is 2. The first-order valence-electron chi connectivity index (χ1n) is 8.06. The van der Waals surface area contributed by atoms with Crippen molar-refractivity contribution in [3.05, 3.63) is 71.8 Å². The minimum atomic E-state index is -3.68. The van der Waals surface area contributed by atoms with E-state index in [4.69, 9.17) is 4.74 Å². The van der Waals surface area contributed by atoms with E-state index in [2.05, 4.69) is 6.58 Å². The Hall–Kier alpha value is -2.40. The number of rotatable bonds is 3. The van der Waals surface area contributed by atoms with E-state index in [1.54, 1.807) is 55.5 Å². The van der Waals surface area contributed by atoms with Crippen molar-refractivity contribution in [1.82, 2.24) is 0 Å². The van der Waals surface area contributed by atoms with Crippen LogP contribution in [0.2, 0.25) is 0 Å². The SMILES string of the molecule is C=C(C)C(=O)OC1(C(C)C)c2ccccc2S(=O)(=O)c2ccccc21. The summed E-state index contributed by atoms with van der Waals surface area (Å²) in [6.45, 7) is 9.06. The van der Waals surface area contributed by atoms with Crippen LogP contribution in [0.4, 0.5) is 0 Å². The van der Waals surface area contributed by atoms with Gasteiger partial charge in [0, 0.05) is 22.6 Å². The summed E-state index contributed by atoms with van der Waals surface area (Å²) in [6.07, 6.45) is 0. The van der Waals surface area contributed by atoms with Gasteiger partial charge < -0.3 is 4.74 Å². The molecule has 0 aromatic heterocycles. The van der Waals surface area contributed by atoms with Gasteiger partial charge in [-0.3, -0.25) is 0 Å². The average molecular weight is 356 g/mol. The molecule has 0 amide bonds. The molecular formula is C20H20O4S. The molecule has 25 heavy (non-hydrogen) atoms. The lowest BCUT2D eigenvalue weighted by atomic mass is 9.77. The average Bonchev–Trinajstić information content (AvgIpc) is 2.58. The molecule has 130 valence electrons. The van der Waals surface area contributed by atoms with Gasteiger partial charge in [-0.15, -0.1) is 0 Å². The molecule has 0 spiro atoms. The first-order valence-corrected chi connectivity index (χ1v) is 9.54. The van der Waals surface area contributed by atoms with Crippen LogP contribution < -0.4 is 0 Å². The van der Waals surface area contributed by atoms with Gasteiger partial charge in [0.1, 0.15) is 0 Å². The summed E-state index contributed by atoms with van der Waals surface area (Å²) in [6, 6.07) is 13.4. The summed E-state index contributed by atoms with van der Waals surface area (Å²) in [5.74, 6) is -0.730. The fourth-order valence-corrected chi connectivity index (χ4v) is 5.13. The number of esters is 1. The fourth-order valence-electron chi connectivity index (χ4n) is 3.36. The fraction of sp³-hybridized carbons (Fsp3) is 0.250. The minimum Gasteiger partial charge on any atom is -0.446 e. The van der Waals surface area contributed by atoms with E-state index >= 15 is 0 Å². The maximum atomic E-state index is 13.1. The quantitative estimate of drug-likeness (QED) is 0.619. The lowest BCUT2D eigenvalue weighted by Gasteiger charge is -2.42. The van der Waals surface area contributed by atoms with E-state index in [1.165, 1.54) is 0 Å². The summed E-state index contributed by atoms with van der Waals surface area (Å²) < 4.78 is 32.1. The second kappa shape index (κ2) is 5.85. The van der Waals surface area contributed by atoms with Crippen LogP contribution in [-0.4, -0.2) is 14.4 Å². The van der Waals surface area contributed by atoms with Gasteiger partial charge in [-0.1, -0.05) is 56.8 Å². The van der Waals surface area contributed by atoms with Crippen LogP contribution >= 0.6 is 0 Å². The van der Waals surface area contributed by atoms with Crippen molar-refractivity contribution in [3.63, 3.8) is 0 Å². The lowest BCUT2D eigenvalue weighted by Crippen LogP contribution is -2.43. The third-order valence-electron chi connectivity index (χ3n) is 4.57. The molecule has 0 N–H and O–H groups in total. The molecule has 1 heterocycles. The topological polar surface area (TPSA) is 60.4 Å². The summed E-state index contributed by atoms with van der Waals surface area (Å²) in [5, 5.41) is 0. The number of ether oxygens (including phenoxy) is 1. The number of carbonyl (C=O) groups excluding carboxylic acids is 1. The highest BCUT2D eigenvalue weighted by atomic mass is 32.2. The van der Waals surface area contributed by atoms with Crippen LogP contribution in [0.15, 0.2) is 70.5 Å². The molecule has 2 aromatic carbocycles. The third-order valence-corrected chi connectivity index (χ3v) is 6.44. The van der Waals surface area contributed by atoms with Gasteiger partial charge in [-0.2, -0.15) is 0 Å². The molecule has 1 aliphatic heterocycles. The number of hydrogen-bond acceptors (Lipinski definition) is 4. The monoisotopic (exact) mass is 356 g/mol. The molecule has 0 saturated heterocycles. The van der Waals surface area contributed by atoms with Crippen molar-refractivity contribution in [2.75, 3.05) is 0 Å². The van der Waals surface area contributed by atoms with Crippen LogP contribution in [0.1, 0.15) is 31.9 Å². The molecule has 0 aliphatic carbocycles. The Morgan fingerprint density at radius 2 is 1.44 bits per heavy atom. The molecule has 4 nitrogen and oxygen atoms in total. The van der Waals surface area contributed by atoms with Gasteiger partial charge in [0.05, 0.1) is 9.79 Å². The lowest BCUT2D eigenvalue weighted by molar-refractivity contribution is -0.156. The Bertz CT molecular complexity index is 917. The predicted octanol–water partition coefficient (Wildman–Crippen LogP) is 3.85. The van der Waals surface area contributed by atoms with Crippen molar-refractivity contribution in [2.24, 2.45) is 5.92 Å². The zero-order valence-electron chi connectivity index (χ0n) is 14.4. The van der Waals surface area contributed by atoms with Crippen LogP contribution in [0.3, 0.4) is 0 Å². The molecule has 0 fully saturated rings. The molecule has 2 aromatic rings. The van der Waals surface area contributed by atoms with Gasteiger partial charge in [0.2, 0.25) is 9.84 Å². The smallest absolute Gasteiger partial charge is 0.334 e. The van der Waals surface area contributed by atoms with Gasteiger partial charge in [0.15, 0.2) is 5.60 Å². The van der Waals surface area contributed by atoms with Crippen LogP contribution in [0.25, 0.3) is 0 Å². The van der Waals surface area contributed by atoms with Gasteiger partial charge in [-0.05, 0) is 19.1 Å². The van der Waals surface area contributed by atoms with E-state index in [-0.39, 0.29) is 21.3 Å². The van der Waals surface area contributed by atoms with Crippen molar-refractivity contribution in [1.29, 1.82) is 0 Å². The number of benzene rings is 2. The second-order valence-electron chi connectivity index (χ2n) is 6.56. The Morgan fingerprint density at radius 3 is 1.84 bits per heavy atom. The molecule has 0 saturated carbocycles. The van der Waals surface area contributed by atoms with Crippen molar-refractivity contribution in [3.8, 4) is 0 Å². The zero-order chi connectivity index (χ0) is 18.4. The number of sulfone groups is 1. The van der Waals surface area contributed by atoms with Crippen molar-refractivity contribution >= 4 is 15.8 Å². The first kappa shape index (κ1) is 17.4. The maximum Gasteiger partial charge on any atom is 0.334 e. The van der Waals surface area contributed by atoms with Crippen molar-refractivity contribution in [2.45, 2.75) is 36.2 Å². The highest BCUT2D eigenvalue weighted by Crippen LogP contribution is 2.50. The second-order valence-corrected chi connectivity index (χ2v) is 8.44. The Kier molecular flexibility index (Phi) is 4.07. The summed E-state index contributed by atoms with van der Waals surface area (Å²) >= 11 is 0. The minimum absolute atomic E-state index is 0.178. The molecular weight excluding hydrogens is 336 g/mol. The van der Waals surface area contributed by atoms with Gasteiger partial charge >= 0.3 is 5.97 Å². The molecule has 0 unspecified atom stereocenters. The maximum absolute atomic E-state index is 13.1. The van der Waals surface area contributed by atoms with E-state index in [1.807, 2.05) is 13.8 Å². The Balaban J connectivity index is 2.43. The van der Waals surface area contributed by atoms with Crippen molar-refractivity contribution < 1.29 is 17.9 Å². The molecule has 3 rings (SSSR count). The zero-order valence-corrected chi connectivity index (χ0v) is 15.3. The predicted molar refractivity (Wildman–Crippen MR) is 94.9 cm³/mol. The van der Waals surface area contributed by atoms with Gasteiger partial charge in [0.25, 0.3) is 0 Å². The third kappa shape index (κ3) is 2.42. The van der Waals surface area contributed by atoms with E-state index in [0.29, 0.717) is 11.1 Å². The normalized spacial score (nSPS) is 16.6. The highest BCUT2D eigenvalue weighted by molar-refractivity contribution is 7.91. The van der Waals surface area contributed by atoms with Crippen LogP contribution in [0, 0.1) is 5.92 Å². The van der Waals surface area contributed by atoms with Gasteiger partial charge in [-0.25, -0.2) is 13.2 Å². The number of hydrogen-bond donors (Lipinski definition) is 0. The molecule has 0 atom stereocenters. The standard InChI is InChI=1S/C20H20O4S/c1-13(2)19(21)24-20(14(3)4)15-9-5-7-11-17(15)25(22,23)18-12-8-6-10-16(18)20/h5-12,14H,1H2,2-4H3. The highest BCUT2D eigenvalue weighted by Gasteiger charge is 2.51. The first-order chi connectivity index (χ1) is 11.7. The summed E-state index contributed by atoms with van der Waals surface area (Å²) in [5.41, 5.74) is 0.0502. The van der Waals surface area contributed by atoms with Crippen LogP contribution in [0.5, 0.6) is 0 Å². The van der Waals surface area contributed by atoms with Crippen LogP contribution in [-0.2, 0) is 25.0 Å².